The molecule has 0 saturated heterocycles. The number of hydrogen-bond donors (Lipinski definition) is 1. The topological polar surface area (TPSA) is 12.0 Å². The molecular formula is C14H23N. The highest BCUT2D eigenvalue weighted by atomic mass is 14.9. The smallest absolute Gasteiger partial charge is 0.0207 e. The molecule has 15 heavy (non-hydrogen) atoms. The Balaban J connectivity index is 2.50. The predicted molar refractivity (Wildman–Crippen MR) is 67.1 cm³/mol. The molecule has 1 aromatic carbocycles. The van der Waals surface area contributed by atoms with Crippen molar-refractivity contribution >= 4 is 0 Å². The van der Waals surface area contributed by atoms with Crippen molar-refractivity contribution in [2.75, 3.05) is 0 Å². The molecule has 1 nitrogen and oxygen atoms in total. The molecular weight excluding hydrogens is 182 g/mol. The molecule has 1 aromatic rings. The van der Waals surface area contributed by atoms with Crippen molar-refractivity contribution in [3.63, 3.8) is 0 Å². The first kappa shape index (κ1) is 12.3. The second-order valence-electron chi connectivity index (χ2n) is 4.59. The van der Waals surface area contributed by atoms with Crippen molar-refractivity contribution in [2.45, 2.75) is 52.6 Å². The number of rotatable bonds is 5. The summed E-state index contributed by atoms with van der Waals surface area (Å²) in [6.07, 6.45) is 1.18. The van der Waals surface area contributed by atoms with E-state index in [4.69, 9.17) is 0 Å². The van der Waals surface area contributed by atoms with Gasteiger partial charge in [-0.15, -0.1) is 0 Å². The Morgan fingerprint density at radius 2 is 1.67 bits per heavy atom. The SMILES string of the molecule is CCC(C)NCc1ccc(C(C)C)cc1. The fraction of sp³-hybridized carbons (Fsp3) is 0.571. The monoisotopic (exact) mass is 205 g/mol. The summed E-state index contributed by atoms with van der Waals surface area (Å²) in [5, 5.41) is 3.50. The molecule has 0 radical (unpaired) electrons. The summed E-state index contributed by atoms with van der Waals surface area (Å²) >= 11 is 0. The van der Waals surface area contributed by atoms with E-state index in [-0.39, 0.29) is 0 Å². The average molecular weight is 205 g/mol. The van der Waals surface area contributed by atoms with Crippen molar-refractivity contribution < 1.29 is 0 Å². The van der Waals surface area contributed by atoms with Crippen molar-refractivity contribution in [2.24, 2.45) is 0 Å². The van der Waals surface area contributed by atoms with Gasteiger partial charge in [0.25, 0.3) is 0 Å². The highest BCUT2D eigenvalue weighted by molar-refractivity contribution is 5.24. The molecule has 0 aliphatic carbocycles. The maximum atomic E-state index is 3.50. The van der Waals surface area contributed by atoms with Crippen LogP contribution in [0.5, 0.6) is 0 Å². The summed E-state index contributed by atoms with van der Waals surface area (Å²) in [5.74, 6) is 0.626. The molecule has 1 N–H and O–H groups in total. The fourth-order valence-electron chi connectivity index (χ4n) is 1.46. The Bertz CT molecular complexity index is 274. The second kappa shape index (κ2) is 5.92. The van der Waals surface area contributed by atoms with E-state index in [0.29, 0.717) is 12.0 Å². The minimum Gasteiger partial charge on any atom is -0.310 e. The van der Waals surface area contributed by atoms with E-state index in [9.17, 15) is 0 Å². The van der Waals surface area contributed by atoms with Gasteiger partial charge in [0.05, 0.1) is 0 Å². The zero-order chi connectivity index (χ0) is 11.3. The van der Waals surface area contributed by atoms with Crippen LogP contribution in [-0.4, -0.2) is 6.04 Å². The van der Waals surface area contributed by atoms with Gasteiger partial charge in [-0.1, -0.05) is 45.0 Å². The molecule has 1 rings (SSSR count). The molecule has 0 bridgehead atoms. The minimum absolute atomic E-state index is 0.606. The number of nitrogens with one attached hydrogen (secondary N) is 1. The zero-order valence-electron chi connectivity index (χ0n) is 10.4. The number of hydrogen-bond acceptors (Lipinski definition) is 1. The van der Waals surface area contributed by atoms with Gasteiger partial charge in [0, 0.05) is 12.6 Å². The van der Waals surface area contributed by atoms with Crippen LogP contribution in [0.15, 0.2) is 24.3 Å². The van der Waals surface area contributed by atoms with E-state index in [2.05, 4.69) is 57.3 Å². The summed E-state index contributed by atoms with van der Waals surface area (Å²) in [6, 6.07) is 9.53. The lowest BCUT2D eigenvalue weighted by Crippen LogP contribution is -2.24. The highest BCUT2D eigenvalue weighted by Gasteiger charge is 2.00. The highest BCUT2D eigenvalue weighted by Crippen LogP contribution is 2.14. The fourth-order valence-corrected chi connectivity index (χ4v) is 1.46. The maximum Gasteiger partial charge on any atom is 0.0207 e. The molecule has 0 aromatic heterocycles. The predicted octanol–water partition coefficient (Wildman–Crippen LogP) is 3.70. The van der Waals surface area contributed by atoms with Crippen LogP contribution >= 0.6 is 0 Å². The van der Waals surface area contributed by atoms with Gasteiger partial charge in [0.1, 0.15) is 0 Å². The standard InChI is InChI=1S/C14H23N/c1-5-12(4)15-10-13-6-8-14(9-7-13)11(2)3/h6-9,11-12,15H,5,10H2,1-4H3. The lowest BCUT2D eigenvalue weighted by Gasteiger charge is -2.12. The van der Waals surface area contributed by atoms with Gasteiger partial charge in [-0.2, -0.15) is 0 Å². The van der Waals surface area contributed by atoms with Crippen LogP contribution in [0.1, 0.15) is 51.2 Å². The Kier molecular flexibility index (Phi) is 4.83. The van der Waals surface area contributed by atoms with Crippen molar-refractivity contribution in [1.29, 1.82) is 0 Å². The first-order valence-electron chi connectivity index (χ1n) is 5.95. The summed E-state index contributed by atoms with van der Waals surface area (Å²) in [4.78, 5) is 0. The van der Waals surface area contributed by atoms with E-state index in [1.807, 2.05) is 0 Å². The van der Waals surface area contributed by atoms with E-state index in [0.717, 1.165) is 6.54 Å². The van der Waals surface area contributed by atoms with Crippen LogP contribution in [0.4, 0.5) is 0 Å². The van der Waals surface area contributed by atoms with Crippen LogP contribution in [0.2, 0.25) is 0 Å². The van der Waals surface area contributed by atoms with Gasteiger partial charge in [-0.3, -0.25) is 0 Å². The first-order valence-corrected chi connectivity index (χ1v) is 5.95. The maximum absolute atomic E-state index is 3.50. The third-order valence-corrected chi connectivity index (χ3v) is 2.91. The normalized spacial score (nSPS) is 13.1. The molecule has 0 heterocycles. The van der Waals surface area contributed by atoms with E-state index in [1.54, 1.807) is 0 Å². The molecule has 0 fully saturated rings. The quantitative estimate of drug-likeness (QED) is 0.773. The van der Waals surface area contributed by atoms with E-state index in [1.165, 1.54) is 17.5 Å². The molecule has 1 unspecified atom stereocenters. The molecule has 0 aliphatic heterocycles. The minimum atomic E-state index is 0.606. The van der Waals surface area contributed by atoms with Gasteiger partial charge in [-0.25, -0.2) is 0 Å². The Labute approximate surface area is 93.9 Å². The average Bonchev–Trinajstić information content (AvgIpc) is 2.26. The first-order chi connectivity index (χ1) is 7.13. The molecule has 0 amide bonds. The molecule has 0 spiro atoms. The van der Waals surface area contributed by atoms with Gasteiger partial charge >= 0.3 is 0 Å². The molecule has 84 valence electrons. The van der Waals surface area contributed by atoms with Gasteiger partial charge in [0.2, 0.25) is 0 Å². The van der Waals surface area contributed by atoms with Crippen molar-refractivity contribution in [3.8, 4) is 0 Å². The van der Waals surface area contributed by atoms with Crippen molar-refractivity contribution in [3.05, 3.63) is 35.4 Å². The third kappa shape index (κ3) is 4.05. The van der Waals surface area contributed by atoms with Crippen LogP contribution < -0.4 is 5.32 Å². The van der Waals surface area contributed by atoms with Crippen LogP contribution in [0.25, 0.3) is 0 Å². The third-order valence-electron chi connectivity index (χ3n) is 2.91. The van der Waals surface area contributed by atoms with Crippen LogP contribution in [-0.2, 0) is 6.54 Å². The summed E-state index contributed by atoms with van der Waals surface area (Å²) in [5.41, 5.74) is 2.79. The van der Waals surface area contributed by atoms with Gasteiger partial charge < -0.3 is 5.32 Å². The van der Waals surface area contributed by atoms with Crippen molar-refractivity contribution in [1.82, 2.24) is 5.32 Å². The zero-order valence-corrected chi connectivity index (χ0v) is 10.4. The summed E-state index contributed by atoms with van der Waals surface area (Å²) in [7, 11) is 0. The van der Waals surface area contributed by atoms with Gasteiger partial charge in [-0.05, 0) is 30.4 Å². The Morgan fingerprint density at radius 3 is 2.13 bits per heavy atom. The largest absolute Gasteiger partial charge is 0.310 e. The van der Waals surface area contributed by atoms with E-state index < -0.39 is 0 Å². The number of benzene rings is 1. The van der Waals surface area contributed by atoms with Crippen LogP contribution in [0, 0.1) is 0 Å². The second-order valence-corrected chi connectivity index (χ2v) is 4.59. The Hall–Kier alpha value is -0.820. The molecule has 1 atom stereocenters. The molecule has 0 aliphatic rings. The summed E-state index contributed by atoms with van der Waals surface area (Å²) in [6.45, 7) is 9.87. The van der Waals surface area contributed by atoms with Crippen LogP contribution in [0.3, 0.4) is 0 Å². The molecule has 1 heteroatoms. The lowest BCUT2D eigenvalue weighted by atomic mass is 10.0. The summed E-state index contributed by atoms with van der Waals surface area (Å²) < 4.78 is 0. The van der Waals surface area contributed by atoms with Gasteiger partial charge in [0.15, 0.2) is 0 Å². The van der Waals surface area contributed by atoms with E-state index >= 15 is 0 Å². The molecule has 0 saturated carbocycles. The lowest BCUT2D eigenvalue weighted by molar-refractivity contribution is 0.534. The Morgan fingerprint density at radius 1 is 1.07 bits per heavy atom.